The largest absolute Gasteiger partial charge is 0.365 e. The Morgan fingerprint density at radius 1 is 0.949 bits per heavy atom. The van der Waals surface area contributed by atoms with Crippen LogP contribution >= 0.6 is 23.2 Å². The summed E-state index contributed by atoms with van der Waals surface area (Å²) in [5.41, 5.74) is 15.7. The third-order valence-corrected chi connectivity index (χ3v) is 10.1. The molecule has 4 N–H and O–H groups in total. The van der Waals surface area contributed by atoms with Gasteiger partial charge in [-0.3, -0.25) is 9.48 Å². The van der Waals surface area contributed by atoms with Gasteiger partial charge >= 0.3 is 6.03 Å². The number of nitriles is 1. The van der Waals surface area contributed by atoms with Crippen molar-refractivity contribution >= 4 is 35.1 Å². The van der Waals surface area contributed by atoms with Crippen molar-refractivity contribution in [1.29, 1.82) is 5.26 Å². The van der Waals surface area contributed by atoms with E-state index >= 15 is 0 Å². The zero-order chi connectivity index (χ0) is 27.5. The van der Waals surface area contributed by atoms with E-state index in [2.05, 4.69) is 18.2 Å². The molecule has 10 heteroatoms. The molecule has 7 rings (SSSR count). The van der Waals surface area contributed by atoms with Crippen LogP contribution in [-0.4, -0.2) is 33.2 Å². The SMILES string of the molecule is N#Cc1ccc(C23CCC(C4c5c(C(N)=O)c(-c6ccc(Cl)c(Cl)c6)nn5CCN4C(N)=O)(CC2)CC3)cc1. The van der Waals surface area contributed by atoms with Crippen LogP contribution in [0.5, 0.6) is 0 Å². The molecule has 3 saturated carbocycles. The molecule has 3 aromatic rings. The van der Waals surface area contributed by atoms with Gasteiger partial charge in [0.1, 0.15) is 5.69 Å². The molecule has 4 aliphatic rings. The summed E-state index contributed by atoms with van der Waals surface area (Å²) < 4.78 is 1.83. The Morgan fingerprint density at radius 2 is 1.62 bits per heavy atom. The maximum Gasteiger partial charge on any atom is 0.315 e. The summed E-state index contributed by atoms with van der Waals surface area (Å²) in [5, 5.41) is 14.8. The van der Waals surface area contributed by atoms with Crippen molar-refractivity contribution in [2.45, 2.75) is 56.5 Å². The van der Waals surface area contributed by atoms with Gasteiger partial charge in [-0.1, -0.05) is 41.4 Å². The molecule has 1 aliphatic heterocycles. The van der Waals surface area contributed by atoms with Crippen LogP contribution in [0.25, 0.3) is 11.3 Å². The highest BCUT2D eigenvalue weighted by molar-refractivity contribution is 6.42. The van der Waals surface area contributed by atoms with Gasteiger partial charge in [-0.2, -0.15) is 10.4 Å². The molecular formula is C29H28Cl2N6O2. The Hall–Kier alpha value is -3.54. The fraction of sp³-hybridized carbons (Fsp3) is 0.379. The highest BCUT2D eigenvalue weighted by Gasteiger charge is 2.57. The smallest absolute Gasteiger partial charge is 0.315 e. The first-order chi connectivity index (χ1) is 18.7. The van der Waals surface area contributed by atoms with E-state index in [1.54, 1.807) is 23.1 Å². The topological polar surface area (TPSA) is 131 Å². The minimum absolute atomic E-state index is 0.0416. The molecule has 0 saturated heterocycles. The first-order valence-electron chi connectivity index (χ1n) is 13.1. The van der Waals surface area contributed by atoms with Crippen LogP contribution in [0.4, 0.5) is 4.79 Å². The van der Waals surface area contributed by atoms with Crippen molar-refractivity contribution in [3.05, 3.63) is 74.9 Å². The molecule has 2 bridgehead atoms. The lowest BCUT2D eigenvalue weighted by atomic mass is 9.49. The molecule has 1 aromatic heterocycles. The van der Waals surface area contributed by atoms with Crippen molar-refractivity contribution < 1.29 is 9.59 Å². The van der Waals surface area contributed by atoms with Gasteiger partial charge in [0.15, 0.2) is 0 Å². The summed E-state index contributed by atoms with van der Waals surface area (Å²) in [4.78, 5) is 27.6. The summed E-state index contributed by atoms with van der Waals surface area (Å²) in [6.45, 7) is 0.803. The molecule has 3 aliphatic carbocycles. The van der Waals surface area contributed by atoms with Gasteiger partial charge in [-0.05, 0) is 79.2 Å². The lowest BCUT2D eigenvalue weighted by molar-refractivity contribution is -0.0378. The van der Waals surface area contributed by atoms with Crippen molar-refractivity contribution in [1.82, 2.24) is 14.7 Å². The molecule has 1 unspecified atom stereocenters. The monoisotopic (exact) mass is 562 g/mol. The predicted octanol–water partition coefficient (Wildman–Crippen LogP) is 5.56. The van der Waals surface area contributed by atoms with E-state index in [-0.39, 0.29) is 10.8 Å². The fourth-order valence-corrected chi connectivity index (χ4v) is 7.60. The highest BCUT2D eigenvalue weighted by Crippen LogP contribution is 2.64. The van der Waals surface area contributed by atoms with Crippen LogP contribution in [0.1, 0.15) is 71.7 Å². The molecule has 200 valence electrons. The second-order valence-electron chi connectivity index (χ2n) is 11.1. The molecular weight excluding hydrogens is 535 g/mol. The lowest BCUT2D eigenvalue weighted by Gasteiger charge is -2.59. The number of rotatable bonds is 4. The third-order valence-electron chi connectivity index (χ3n) is 9.35. The van der Waals surface area contributed by atoms with E-state index in [1.807, 2.05) is 16.8 Å². The number of carbonyl (C=O) groups is 2. The Kier molecular flexibility index (Phi) is 6.12. The normalized spacial score (nSPS) is 25.7. The van der Waals surface area contributed by atoms with E-state index in [4.69, 9.17) is 39.8 Å². The number of amides is 3. The molecule has 8 nitrogen and oxygen atoms in total. The number of benzene rings is 2. The quantitative estimate of drug-likeness (QED) is 0.431. The highest BCUT2D eigenvalue weighted by atomic mass is 35.5. The van der Waals surface area contributed by atoms with Crippen LogP contribution in [0, 0.1) is 16.7 Å². The standard InChI is InChI=1S/C29H28Cl2N6O2/c30-20-6-3-18(15-21(20)31)23-22(26(33)38)24-25(36(27(34)39)13-14-37(24)35-23)29-10-7-28(8-11-29,9-12-29)19-4-1-17(16-32)2-5-19/h1-6,15,25H,7-14H2,(H2,33,38)(H2,34,39). The summed E-state index contributed by atoms with van der Waals surface area (Å²) >= 11 is 12.4. The molecule has 39 heavy (non-hydrogen) atoms. The first kappa shape index (κ1) is 25.7. The number of hydrogen-bond acceptors (Lipinski definition) is 4. The number of halogens is 2. The number of aromatic nitrogens is 2. The summed E-state index contributed by atoms with van der Waals surface area (Å²) in [7, 11) is 0. The Morgan fingerprint density at radius 3 is 2.18 bits per heavy atom. The number of nitrogens with zero attached hydrogens (tertiary/aromatic N) is 4. The van der Waals surface area contributed by atoms with Crippen molar-refractivity contribution in [3.8, 4) is 17.3 Å². The van der Waals surface area contributed by atoms with Crippen LogP contribution in [0.2, 0.25) is 10.0 Å². The van der Waals surface area contributed by atoms with Crippen molar-refractivity contribution in [3.63, 3.8) is 0 Å². The Bertz CT molecular complexity index is 1520. The number of fused-ring (bicyclic) bond motifs is 4. The number of urea groups is 1. The third kappa shape index (κ3) is 3.98. The Labute approximate surface area is 236 Å². The van der Waals surface area contributed by atoms with Crippen LogP contribution in [0.3, 0.4) is 0 Å². The van der Waals surface area contributed by atoms with Gasteiger partial charge in [-0.15, -0.1) is 0 Å². The zero-order valence-electron chi connectivity index (χ0n) is 21.3. The summed E-state index contributed by atoms with van der Waals surface area (Å²) in [6.07, 6.45) is 5.44. The van der Waals surface area contributed by atoms with Crippen molar-refractivity contribution in [2.75, 3.05) is 6.54 Å². The van der Waals surface area contributed by atoms with Gasteiger partial charge in [0.2, 0.25) is 0 Å². The van der Waals surface area contributed by atoms with Gasteiger partial charge < -0.3 is 16.4 Å². The van der Waals surface area contributed by atoms with Gasteiger partial charge in [-0.25, -0.2) is 4.79 Å². The molecule has 2 heterocycles. The maximum atomic E-state index is 13.0. The molecule has 1 atom stereocenters. The van der Waals surface area contributed by atoms with E-state index in [0.717, 1.165) is 38.5 Å². The van der Waals surface area contributed by atoms with E-state index in [1.165, 1.54) is 5.56 Å². The molecule has 0 spiro atoms. The second kappa shape index (κ2) is 9.29. The number of carbonyl (C=O) groups excluding carboxylic acids is 2. The average molecular weight is 563 g/mol. The van der Waals surface area contributed by atoms with E-state index < -0.39 is 18.0 Å². The minimum Gasteiger partial charge on any atom is -0.365 e. The van der Waals surface area contributed by atoms with Crippen LogP contribution in [0.15, 0.2) is 42.5 Å². The van der Waals surface area contributed by atoms with Crippen molar-refractivity contribution in [2.24, 2.45) is 16.9 Å². The lowest BCUT2D eigenvalue weighted by Crippen LogP contribution is -2.56. The fourth-order valence-electron chi connectivity index (χ4n) is 7.31. The predicted molar refractivity (Wildman–Crippen MR) is 148 cm³/mol. The first-order valence-corrected chi connectivity index (χ1v) is 13.9. The molecule has 3 fully saturated rings. The minimum atomic E-state index is -0.608. The van der Waals surface area contributed by atoms with Crippen LogP contribution < -0.4 is 11.5 Å². The zero-order valence-corrected chi connectivity index (χ0v) is 22.8. The molecule has 3 amide bonds. The van der Waals surface area contributed by atoms with E-state index in [9.17, 15) is 14.9 Å². The van der Waals surface area contributed by atoms with Gasteiger partial charge in [0.25, 0.3) is 5.91 Å². The van der Waals surface area contributed by atoms with E-state index in [0.29, 0.717) is 51.2 Å². The summed E-state index contributed by atoms with van der Waals surface area (Å²) in [6, 6.07) is 14.3. The molecule has 0 radical (unpaired) electrons. The number of nitrogens with two attached hydrogens (primary N) is 2. The van der Waals surface area contributed by atoms with Crippen LogP contribution in [-0.2, 0) is 12.0 Å². The average Bonchev–Trinajstić information content (AvgIpc) is 3.35. The van der Waals surface area contributed by atoms with Gasteiger partial charge in [0.05, 0.1) is 45.5 Å². The Balaban J connectivity index is 1.43. The second-order valence-corrected chi connectivity index (χ2v) is 11.9. The summed E-state index contributed by atoms with van der Waals surface area (Å²) in [5.74, 6) is -0.608. The van der Waals surface area contributed by atoms with Gasteiger partial charge in [0, 0.05) is 12.1 Å². The molecule has 2 aromatic carbocycles. The number of hydrogen-bond donors (Lipinski definition) is 2. The number of primary amides is 2. The maximum absolute atomic E-state index is 13.0.